The summed E-state index contributed by atoms with van der Waals surface area (Å²) in [5.74, 6) is 0.975. The predicted molar refractivity (Wildman–Crippen MR) is 105 cm³/mol. The zero-order valence-electron chi connectivity index (χ0n) is 15.2. The summed E-state index contributed by atoms with van der Waals surface area (Å²) in [6.07, 6.45) is 1.32. The highest BCUT2D eigenvalue weighted by Crippen LogP contribution is 2.21. The highest BCUT2D eigenvalue weighted by molar-refractivity contribution is 6.30. The Morgan fingerprint density at radius 1 is 1.18 bits per heavy atom. The molecule has 0 spiro atoms. The van der Waals surface area contributed by atoms with Crippen LogP contribution in [0.3, 0.4) is 0 Å². The van der Waals surface area contributed by atoms with E-state index in [4.69, 9.17) is 20.5 Å². The summed E-state index contributed by atoms with van der Waals surface area (Å²) in [7, 11) is 0. The maximum Gasteiger partial charge on any atom is 0.251 e. The van der Waals surface area contributed by atoms with Crippen LogP contribution in [-0.2, 0) is 19.4 Å². The van der Waals surface area contributed by atoms with Crippen LogP contribution < -0.4 is 5.32 Å². The molecule has 0 aliphatic heterocycles. The lowest BCUT2D eigenvalue weighted by Gasteiger charge is -2.02. The maximum absolute atomic E-state index is 12.4. The summed E-state index contributed by atoms with van der Waals surface area (Å²) in [5, 5.41) is 7.40. The van der Waals surface area contributed by atoms with Crippen molar-refractivity contribution in [3.8, 4) is 0 Å². The number of fused-ring (bicyclic) bond motifs is 1. The van der Waals surface area contributed by atoms with Gasteiger partial charge in [-0.3, -0.25) is 4.79 Å². The van der Waals surface area contributed by atoms with Crippen LogP contribution in [0.2, 0.25) is 5.02 Å². The molecule has 28 heavy (non-hydrogen) atoms. The minimum atomic E-state index is -0.218. The Hall–Kier alpha value is -3.12. The summed E-state index contributed by atoms with van der Waals surface area (Å²) in [4.78, 5) is 16.9. The second-order valence-electron chi connectivity index (χ2n) is 6.42. The molecular formula is C21H18ClN3O3. The number of benzene rings is 2. The van der Waals surface area contributed by atoms with Gasteiger partial charge in [-0.15, -0.1) is 0 Å². The molecule has 7 heteroatoms. The monoisotopic (exact) mass is 395 g/mol. The number of oxazole rings is 1. The number of aromatic nitrogens is 2. The number of nitrogens with zero attached hydrogens (tertiary/aromatic N) is 2. The van der Waals surface area contributed by atoms with Crippen LogP contribution in [0, 0.1) is 0 Å². The molecule has 2 heterocycles. The molecule has 2 aromatic carbocycles. The lowest BCUT2D eigenvalue weighted by Crippen LogP contribution is -2.22. The van der Waals surface area contributed by atoms with E-state index in [1.54, 1.807) is 18.2 Å². The van der Waals surface area contributed by atoms with E-state index in [0.29, 0.717) is 39.8 Å². The van der Waals surface area contributed by atoms with Gasteiger partial charge in [0.1, 0.15) is 5.52 Å². The molecule has 0 atom stereocenters. The summed E-state index contributed by atoms with van der Waals surface area (Å²) in [6.45, 7) is 2.27. The standard InChI is InChI=1S/C21H18ClN3O3/c1-2-16-11-17(28-25-16)12-23-21(26)14-6-7-18-19(10-14)27-20(24-18)9-13-4-3-5-15(22)8-13/h3-8,10-11H,2,9,12H2,1H3,(H,23,26). The van der Waals surface area contributed by atoms with Crippen LogP contribution in [0.15, 0.2) is 57.5 Å². The molecule has 1 amide bonds. The Kier molecular flexibility index (Phi) is 5.12. The van der Waals surface area contributed by atoms with Gasteiger partial charge in [0.15, 0.2) is 17.2 Å². The highest BCUT2D eigenvalue weighted by Gasteiger charge is 2.12. The van der Waals surface area contributed by atoms with Crippen molar-refractivity contribution >= 4 is 28.6 Å². The molecule has 0 saturated heterocycles. The third-order valence-electron chi connectivity index (χ3n) is 4.33. The first-order valence-electron chi connectivity index (χ1n) is 8.97. The van der Waals surface area contributed by atoms with E-state index in [1.165, 1.54) is 0 Å². The third kappa shape index (κ3) is 4.07. The summed E-state index contributed by atoms with van der Waals surface area (Å²) >= 11 is 6.02. The highest BCUT2D eigenvalue weighted by atomic mass is 35.5. The number of nitrogens with one attached hydrogen (secondary N) is 1. The number of amides is 1. The summed E-state index contributed by atoms with van der Waals surface area (Å²) in [5.41, 5.74) is 3.64. The molecule has 0 saturated carbocycles. The minimum Gasteiger partial charge on any atom is -0.440 e. The van der Waals surface area contributed by atoms with Crippen molar-refractivity contribution < 1.29 is 13.7 Å². The van der Waals surface area contributed by atoms with E-state index in [9.17, 15) is 4.79 Å². The fourth-order valence-electron chi connectivity index (χ4n) is 2.89. The molecule has 1 N–H and O–H groups in total. The first kappa shape index (κ1) is 18.3. The third-order valence-corrected chi connectivity index (χ3v) is 4.57. The number of hydrogen-bond donors (Lipinski definition) is 1. The van der Waals surface area contributed by atoms with Crippen LogP contribution in [-0.4, -0.2) is 16.0 Å². The van der Waals surface area contributed by atoms with Gasteiger partial charge in [0.05, 0.1) is 12.2 Å². The van der Waals surface area contributed by atoms with E-state index in [-0.39, 0.29) is 12.5 Å². The van der Waals surface area contributed by atoms with Gasteiger partial charge in [0, 0.05) is 23.1 Å². The number of aryl methyl sites for hydroxylation is 1. The molecule has 142 valence electrons. The van der Waals surface area contributed by atoms with Crippen molar-refractivity contribution in [3.63, 3.8) is 0 Å². The Labute approximate surface area is 166 Å². The largest absolute Gasteiger partial charge is 0.440 e. The Balaban J connectivity index is 1.46. The van der Waals surface area contributed by atoms with Gasteiger partial charge in [-0.25, -0.2) is 4.98 Å². The topological polar surface area (TPSA) is 81.2 Å². The molecule has 0 aliphatic rings. The normalized spacial score (nSPS) is 11.1. The molecule has 0 unspecified atom stereocenters. The lowest BCUT2D eigenvalue weighted by molar-refractivity contribution is 0.0947. The van der Waals surface area contributed by atoms with Gasteiger partial charge in [0.2, 0.25) is 0 Å². The van der Waals surface area contributed by atoms with Crippen molar-refractivity contribution in [2.24, 2.45) is 0 Å². The fourth-order valence-corrected chi connectivity index (χ4v) is 3.10. The van der Waals surface area contributed by atoms with Gasteiger partial charge in [0.25, 0.3) is 5.91 Å². The zero-order chi connectivity index (χ0) is 19.5. The fraction of sp³-hybridized carbons (Fsp3) is 0.190. The van der Waals surface area contributed by atoms with E-state index in [2.05, 4.69) is 15.5 Å². The molecule has 6 nitrogen and oxygen atoms in total. The number of halogens is 1. The number of hydrogen-bond acceptors (Lipinski definition) is 5. The maximum atomic E-state index is 12.4. The van der Waals surface area contributed by atoms with Crippen molar-refractivity contribution in [2.45, 2.75) is 26.3 Å². The molecule has 0 fully saturated rings. The van der Waals surface area contributed by atoms with Gasteiger partial charge < -0.3 is 14.3 Å². The van der Waals surface area contributed by atoms with Gasteiger partial charge in [-0.05, 0) is 42.3 Å². The second-order valence-corrected chi connectivity index (χ2v) is 6.85. The molecule has 4 aromatic rings. The van der Waals surface area contributed by atoms with E-state index in [1.807, 2.05) is 37.3 Å². The smallest absolute Gasteiger partial charge is 0.251 e. The Morgan fingerprint density at radius 3 is 2.86 bits per heavy atom. The van der Waals surface area contributed by atoms with Crippen LogP contribution in [0.25, 0.3) is 11.1 Å². The zero-order valence-corrected chi connectivity index (χ0v) is 16.0. The van der Waals surface area contributed by atoms with Crippen LogP contribution in [0.5, 0.6) is 0 Å². The second kappa shape index (κ2) is 7.86. The molecule has 0 bridgehead atoms. The van der Waals surface area contributed by atoms with Gasteiger partial charge >= 0.3 is 0 Å². The summed E-state index contributed by atoms with van der Waals surface area (Å²) < 4.78 is 11.0. The van der Waals surface area contributed by atoms with Crippen LogP contribution >= 0.6 is 11.6 Å². The van der Waals surface area contributed by atoms with Gasteiger partial charge in [-0.2, -0.15) is 0 Å². The summed E-state index contributed by atoms with van der Waals surface area (Å²) in [6, 6.07) is 14.6. The Bertz CT molecular complexity index is 1130. The first-order valence-corrected chi connectivity index (χ1v) is 9.35. The average molecular weight is 396 g/mol. The molecule has 0 aliphatic carbocycles. The van der Waals surface area contributed by atoms with E-state index < -0.39 is 0 Å². The van der Waals surface area contributed by atoms with Crippen molar-refractivity contribution in [1.82, 2.24) is 15.5 Å². The average Bonchev–Trinajstić information content (AvgIpc) is 3.31. The number of carbonyl (C=O) groups excluding carboxylic acids is 1. The molecule has 4 rings (SSSR count). The minimum absolute atomic E-state index is 0.218. The van der Waals surface area contributed by atoms with Crippen LogP contribution in [0.1, 0.15) is 40.2 Å². The van der Waals surface area contributed by atoms with E-state index >= 15 is 0 Å². The van der Waals surface area contributed by atoms with Crippen molar-refractivity contribution in [1.29, 1.82) is 0 Å². The number of carbonyl (C=O) groups is 1. The van der Waals surface area contributed by atoms with E-state index in [0.717, 1.165) is 17.7 Å². The quantitative estimate of drug-likeness (QED) is 0.517. The first-order chi connectivity index (χ1) is 13.6. The predicted octanol–water partition coefficient (Wildman–Crippen LogP) is 4.55. The lowest BCUT2D eigenvalue weighted by atomic mass is 10.1. The van der Waals surface area contributed by atoms with Crippen LogP contribution in [0.4, 0.5) is 0 Å². The Morgan fingerprint density at radius 2 is 2.07 bits per heavy atom. The molecule has 2 aromatic heterocycles. The SMILES string of the molecule is CCc1cc(CNC(=O)c2ccc3nc(Cc4cccc(Cl)c4)oc3c2)on1. The van der Waals surface area contributed by atoms with Crippen molar-refractivity contribution in [2.75, 3.05) is 0 Å². The molecule has 0 radical (unpaired) electrons. The number of rotatable bonds is 6. The van der Waals surface area contributed by atoms with Crippen molar-refractivity contribution in [3.05, 3.63) is 82.0 Å². The van der Waals surface area contributed by atoms with Gasteiger partial charge in [-0.1, -0.05) is 35.8 Å². The molecular weight excluding hydrogens is 378 g/mol.